The fourth-order valence-corrected chi connectivity index (χ4v) is 4.08. The van der Waals surface area contributed by atoms with Crippen LogP contribution in [0.1, 0.15) is 55.6 Å². The number of rotatable bonds is 2. The van der Waals surface area contributed by atoms with Crippen LogP contribution < -0.4 is 10.2 Å². The first-order chi connectivity index (χ1) is 13.5. The molecule has 0 unspecified atom stereocenters. The molecule has 0 spiro atoms. The smallest absolute Gasteiger partial charge is 0.472 e. The van der Waals surface area contributed by atoms with Crippen molar-refractivity contribution >= 4 is 18.5 Å². The third-order valence-corrected chi connectivity index (χ3v) is 6.92. The molecule has 0 saturated carbocycles. The molecule has 1 aromatic rings. The Balaban J connectivity index is 1.70. The van der Waals surface area contributed by atoms with Crippen molar-refractivity contribution in [2.75, 3.05) is 19.9 Å². The first-order valence-corrected chi connectivity index (χ1v) is 10.2. The summed E-state index contributed by atoms with van der Waals surface area (Å²) in [7, 11) is -0.559. The van der Waals surface area contributed by atoms with Gasteiger partial charge in [0.25, 0.3) is 5.91 Å². The van der Waals surface area contributed by atoms with E-state index in [0.717, 1.165) is 16.6 Å². The molecular weight excluding hydrogens is 373 g/mol. The third kappa shape index (κ3) is 3.26. The van der Waals surface area contributed by atoms with Crippen LogP contribution in [0.25, 0.3) is 0 Å². The third-order valence-electron chi connectivity index (χ3n) is 6.92. The van der Waals surface area contributed by atoms with Gasteiger partial charge in [-0.05, 0) is 70.6 Å². The zero-order valence-corrected chi connectivity index (χ0v) is 18.1. The highest BCUT2D eigenvalue weighted by atomic mass is 16.7. The van der Waals surface area contributed by atoms with Crippen molar-refractivity contribution in [3.63, 3.8) is 0 Å². The lowest BCUT2D eigenvalue weighted by atomic mass is 9.73. The molecule has 1 amide bonds. The molecule has 1 N–H and O–H groups in total. The second-order valence-corrected chi connectivity index (χ2v) is 9.23. The van der Waals surface area contributed by atoms with E-state index in [1.807, 2.05) is 47.6 Å². The number of carbonyl (C=O) groups excluding carboxylic acids is 1. The van der Waals surface area contributed by atoms with Gasteiger partial charge in [-0.3, -0.25) is 9.69 Å². The molecule has 158 valence electrons. The van der Waals surface area contributed by atoms with Gasteiger partial charge in [0.05, 0.1) is 35.5 Å². The van der Waals surface area contributed by atoms with E-state index in [4.69, 9.17) is 18.8 Å². The number of aliphatic hydroxyl groups is 1. The average Bonchev–Trinajstić information content (AvgIpc) is 2.86. The van der Waals surface area contributed by atoms with Crippen LogP contribution in [-0.2, 0) is 14.0 Å². The van der Waals surface area contributed by atoms with E-state index < -0.39 is 30.5 Å². The van der Waals surface area contributed by atoms with Crippen LogP contribution in [0, 0.1) is 13.8 Å². The minimum Gasteiger partial charge on any atom is -0.472 e. The molecule has 0 bridgehead atoms. The van der Waals surface area contributed by atoms with Gasteiger partial charge in [-0.15, -0.1) is 0 Å². The molecule has 8 heteroatoms. The number of ether oxygens (including phenoxy) is 2. The molecule has 0 aromatic heterocycles. The SMILES string of the molecule is Cc1c(B2OC(C)(C)C(C)(C)O2)cc2c(c1C)OCN([C@H]1COCC[C@@H]1O)C2=O. The summed E-state index contributed by atoms with van der Waals surface area (Å²) >= 11 is 0. The first-order valence-electron chi connectivity index (χ1n) is 10.2. The Morgan fingerprint density at radius 2 is 1.79 bits per heavy atom. The van der Waals surface area contributed by atoms with Crippen LogP contribution in [0.15, 0.2) is 6.07 Å². The zero-order chi connectivity index (χ0) is 21.1. The number of carbonyl (C=O) groups is 1. The molecular formula is C21H30BNO6. The monoisotopic (exact) mass is 403 g/mol. The minimum absolute atomic E-state index is 0.104. The Morgan fingerprint density at radius 3 is 2.41 bits per heavy atom. The van der Waals surface area contributed by atoms with Gasteiger partial charge in [0, 0.05) is 6.61 Å². The highest BCUT2D eigenvalue weighted by Crippen LogP contribution is 2.38. The van der Waals surface area contributed by atoms with E-state index in [0.29, 0.717) is 30.9 Å². The Kier molecular flexibility index (Phi) is 4.97. The maximum Gasteiger partial charge on any atom is 0.495 e. The van der Waals surface area contributed by atoms with Crippen molar-refractivity contribution in [1.29, 1.82) is 0 Å². The predicted molar refractivity (Wildman–Crippen MR) is 109 cm³/mol. The van der Waals surface area contributed by atoms with Crippen LogP contribution in [-0.4, -0.2) is 66.3 Å². The highest BCUT2D eigenvalue weighted by Gasteiger charge is 2.52. The molecule has 4 rings (SSSR count). The molecule has 0 radical (unpaired) electrons. The van der Waals surface area contributed by atoms with Gasteiger partial charge < -0.3 is 23.9 Å². The number of hydrogen-bond acceptors (Lipinski definition) is 6. The van der Waals surface area contributed by atoms with Crippen molar-refractivity contribution in [3.8, 4) is 5.75 Å². The van der Waals surface area contributed by atoms with Gasteiger partial charge in [-0.1, -0.05) is 0 Å². The van der Waals surface area contributed by atoms with Crippen LogP contribution >= 0.6 is 0 Å². The average molecular weight is 403 g/mol. The standard InChI is InChI=1S/C21H30BNO6/c1-12-13(2)18-14(9-15(12)22-28-20(3,4)21(5,6)29-22)19(25)23(11-27-18)16-10-26-8-7-17(16)24/h9,16-17,24H,7-8,10-11H2,1-6H3/t16-,17-/m0/s1. The maximum absolute atomic E-state index is 13.3. The number of fused-ring (bicyclic) bond motifs is 1. The summed E-state index contributed by atoms with van der Waals surface area (Å²) in [5, 5.41) is 10.4. The van der Waals surface area contributed by atoms with Crippen molar-refractivity contribution in [2.24, 2.45) is 0 Å². The lowest BCUT2D eigenvalue weighted by Gasteiger charge is -2.40. The van der Waals surface area contributed by atoms with Crippen LogP contribution in [0.3, 0.4) is 0 Å². The van der Waals surface area contributed by atoms with Gasteiger partial charge in [-0.25, -0.2) is 0 Å². The Hall–Kier alpha value is -1.61. The number of aliphatic hydroxyl groups excluding tert-OH is 1. The van der Waals surface area contributed by atoms with Gasteiger partial charge in [0.1, 0.15) is 5.75 Å². The van der Waals surface area contributed by atoms with E-state index in [-0.39, 0.29) is 12.6 Å². The topological polar surface area (TPSA) is 77.5 Å². The van der Waals surface area contributed by atoms with E-state index in [9.17, 15) is 9.90 Å². The van der Waals surface area contributed by atoms with Crippen LogP contribution in [0.2, 0.25) is 0 Å². The molecule has 7 nitrogen and oxygen atoms in total. The number of hydrogen-bond donors (Lipinski definition) is 1. The second-order valence-electron chi connectivity index (χ2n) is 9.23. The van der Waals surface area contributed by atoms with Crippen LogP contribution in [0.4, 0.5) is 0 Å². The second kappa shape index (κ2) is 6.98. The molecule has 0 aliphatic carbocycles. The Bertz CT molecular complexity index is 823. The van der Waals surface area contributed by atoms with Gasteiger partial charge in [-0.2, -0.15) is 0 Å². The summed E-state index contributed by atoms with van der Waals surface area (Å²) < 4.78 is 23.9. The summed E-state index contributed by atoms with van der Waals surface area (Å²) in [5.41, 5.74) is 2.26. The van der Waals surface area contributed by atoms with E-state index >= 15 is 0 Å². The molecule has 3 aliphatic rings. The van der Waals surface area contributed by atoms with Crippen molar-refractivity contribution in [3.05, 3.63) is 22.8 Å². The van der Waals surface area contributed by atoms with Gasteiger partial charge >= 0.3 is 7.12 Å². The van der Waals surface area contributed by atoms with E-state index in [1.54, 1.807) is 4.90 Å². The summed E-state index contributed by atoms with van der Waals surface area (Å²) in [4.78, 5) is 14.9. The Morgan fingerprint density at radius 1 is 1.14 bits per heavy atom. The molecule has 2 atom stereocenters. The van der Waals surface area contributed by atoms with Gasteiger partial charge in [0.15, 0.2) is 6.73 Å². The number of benzene rings is 1. The normalized spacial score (nSPS) is 28.3. The molecule has 2 saturated heterocycles. The molecule has 29 heavy (non-hydrogen) atoms. The highest BCUT2D eigenvalue weighted by molar-refractivity contribution is 6.62. The zero-order valence-electron chi connectivity index (χ0n) is 18.1. The van der Waals surface area contributed by atoms with Crippen molar-refractivity contribution in [2.45, 2.75) is 71.3 Å². The number of amides is 1. The lowest BCUT2D eigenvalue weighted by Crippen LogP contribution is -2.55. The minimum atomic E-state index is -0.619. The molecule has 1 aromatic carbocycles. The molecule has 3 aliphatic heterocycles. The lowest BCUT2D eigenvalue weighted by molar-refractivity contribution is -0.0697. The van der Waals surface area contributed by atoms with E-state index in [2.05, 4.69) is 0 Å². The summed E-state index contributed by atoms with van der Waals surface area (Å²) in [6.45, 7) is 12.9. The fourth-order valence-electron chi connectivity index (χ4n) is 4.08. The van der Waals surface area contributed by atoms with Crippen molar-refractivity contribution < 1.29 is 28.7 Å². The predicted octanol–water partition coefficient (Wildman–Crippen LogP) is 1.54. The fraction of sp³-hybridized carbons (Fsp3) is 0.667. The summed E-state index contributed by atoms with van der Waals surface area (Å²) in [6.07, 6.45) is -0.111. The van der Waals surface area contributed by atoms with Gasteiger partial charge in [0.2, 0.25) is 0 Å². The summed E-state index contributed by atoms with van der Waals surface area (Å²) in [6, 6.07) is 1.41. The quantitative estimate of drug-likeness (QED) is 0.756. The summed E-state index contributed by atoms with van der Waals surface area (Å²) in [5.74, 6) is 0.428. The molecule has 2 fully saturated rings. The largest absolute Gasteiger partial charge is 0.495 e. The van der Waals surface area contributed by atoms with Crippen molar-refractivity contribution in [1.82, 2.24) is 4.90 Å². The maximum atomic E-state index is 13.3. The first kappa shape index (κ1) is 20.7. The van der Waals surface area contributed by atoms with Crippen LogP contribution in [0.5, 0.6) is 5.75 Å². The number of nitrogens with zero attached hydrogens (tertiary/aromatic N) is 1. The Labute approximate surface area is 172 Å². The van der Waals surface area contributed by atoms with E-state index in [1.165, 1.54) is 0 Å². The molecule has 3 heterocycles.